The molecule has 0 aromatic heterocycles. The van der Waals surface area contributed by atoms with Crippen molar-refractivity contribution in [2.45, 2.75) is 52.6 Å². The molecule has 9 nitrogen and oxygen atoms in total. The highest BCUT2D eigenvalue weighted by Crippen LogP contribution is 2.24. The summed E-state index contributed by atoms with van der Waals surface area (Å²) >= 11 is 1.90. The lowest BCUT2D eigenvalue weighted by Crippen LogP contribution is -2.52. The first kappa shape index (κ1) is 37.6. The fourth-order valence-electron chi connectivity index (χ4n) is 4.01. The number of morpholine rings is 1. The van der Waals surface area contributed by atoms with Crippen LogP contribution in [0, 0.1) is 12.8 Å². The number of thioether (sulfide) groups is 1. The molecule has 1 aliphatic rings. The summed E-state index contributed by atoms with van der Waals surface area (Å²) in [6, 6.07) is 5.55. The van der Waals surface area contributed by atoms with E-state index >= 15 is 0 Å². The minimum absolute atomic E-state index is 0.0569. The Bertz CT molecular complexity index is 888. The molecule has 0 radical (unpaired) electrons. The molecule has 2 amide bonds. The molecule has 0 atom stereocenters. The Kier molecular flexibility index (Phi) is 20.9. The minimum Gasteiger partial charge on any atom is -0.385 e. The van der Waals surface area contributed by atoms with Crippen molar-refractivity contribution >= 4 is 36.0 Å². The number of aliphatic imine (C=N–C) groups is 1. The van der Waals surface area contributed by atoms with E-state index in [1.807, 2.05) is 23.9 Å². The van der Waals surface area contributed by atoms with E-state index in [1.165, 1.54) is 25.4 Å². The summed E-state index contributed by atoms with van der Waals surface area (Å²) in [4.78, 5) is 33.1. The lowest BCUT2D eigenvalue weighted by molar-refractivity contribution is -0.114. The van der Waals surface area contributed by atoms with Crippen molar-refractivity contribution in [3.8, 4) is 12.8 Å². The van der Waals surface area contributed by atoms with Gasteiger partial charge in [-0.25, -0.2) is 0 Å². The smallest absolute Gasteiger partial charge is 0.253 e. The molecule has 0 bridgehead atoms. The Hall–Kier alpha value is -2.42. The normalized spacial score (nSPS) is 14.2. The number of terminal acetylenes is 1. The lowest BCUT2D eigenvalue weighted by atomic mass is 10.00. The molecular weight excluding hydrogens is 526 g/mol. The quantitative estimate of drug-likeness (QED) is 0.141. The molecule has 10 heteroatoms. The number of nitrogens with zero attached hydrogens (tertiary/aromatic N) is 3. The molecule has 2 N–H and O–H groups in total. The van der Waals surface area contributed by atoms with Crippen LogP contribution < -0.4 is 10.6 Å². The summed E-state index contributed by atoms with van der Waals surface area (Å²) < 4.78 is 10.6. The number of carbonyl (C=O) groups is 2. The monoisotopic (exact) mass is 577 g/mol. The zero-order valence-electron chi connectivity index (χ0n) is 25.5. The van der Waals surface area contributed by atoms with Crippen LogP contribution in [-0.4, -0.2) is 106 Å². The number of methoxy groups -OCH3 is 1. The molecule has 226 valence electrons. The van der Waals surface area contributed by atoms with Crippen LogP contribution >= 0.6 is 11.8 Å². The Morgan fingerprint density at radius 1 is 1.30 bits per heavy atom. The van der Waals surface area contributed by atoms with Crippen molar-refractivity contribution < 1.29 is 19.1 Å². The number of rotatable bonds is 15. The molecular formula is C30H51N5O4S. The SMILES string of the molecule is C#C.C=NCC(=O)Nc1ccc(CN2CCOCC2(C)C)cc1C(=O)NCCCOC.CCCN(CC)CSC. The van der Waals surface area contributed by atoms with Crippen molar-refractivity contribution in [2.24, 2.45) is 4.99 Å². The van der Waals surface area contributed by atoms with Crippen molar-refractivity contribution in [2.75, 3.05) is 77.1 Å². The standard InChI is InChI=1S/C21H32N4O4.C7H17NS.C2H2/c1-21(2)15-29-11-9-25(21)14-16-6-7-18(24-19(26)13-22-3)17(12-16)20(27)23-8-5-10-28-4;1-4-6-8(5-2)7-9-3;1-2/h6-7,12H,3,5,8-11,13-15H2,1-2,4H3,(H,23,27)(H,24,26);4-7H2,1-3H3;1-2H. The predicted molar refractivity (Wildman–Crippen MR) is 169 cm³/mol. The van der Waals surface area contributed by atoms with Gasteiger partial charge in [0.25, 0.3) is 5.91 Å². The third kappa shape index (κ3) is 14.8. The maximum absolute atomic E-state index is 12.8. The van der Waals surface area contributed by atoms with Crippen molar-refractivity contribution in [1.29, 1.82) is 0 Å². The summed E-state index contributed by atoms with van der Waals surface area (Å²) in [5.41, 5.74) is 1.82. The van der Waals surface area contributed by atoms with E-state index in [-0.39, 0.29) is 23.9 Å². The first-order valence-corrected chi connectivity index (χ1v) is 15.1. The molecule has 1 fully saturated rings. The molecule has 1 aliphatic heterocycles. The van der Waals surface area contributed by atoms with Gasteiger partial charge in [0.05, 0.1) is 24.5 Å². The largest absolute Gasteiger partial charge is 0.385 e. The maximum atomic E-state index is 12.8. The first-order chi connectivity index (χ1) is 19.2. The average Bonchev–Trinajstić information content (AvgIpc) is 2.94. The number of ether oxygens (including phenoxy) is 2. The van der Waals surface area contributed by atoms with Gasteiger partial charge < -0.3 is 20.1 Å². The second kappa shape index (κ2) is 22.3. The molecule has 1 saturated heterocycles. The van der Waals surface area contributed by atoms with E-state index < -0.39 is 0 Å². The first-order valence-electron chi connectivity index (χ1n) is 13.7. The van der Waals surface area contributed by atoms with Gasteiger partial charge in [-0.3, -0.25) is 24.4 Å². The summed E-state index contributed by atoms with van der Waals surface area (Å²) in [5.74, 6) is 0.645. The van der Waals surface area contributed by atoms with Crippen LogP contribution in [0.2, 0.25) is 0 Å². The van der Waals surface area contributed by atoms with Gasteiger partial charge in [0.1, 0.15) is 6.54 Å². The van der Waals surface area contributed by atoms with Crippen LogP contribution in [0.25, 0.3) is 0 Å². The van der Waals surface area contributed by atoms with Crippen LogP contribution in [-0.2, 0) is 20.8 Å². The molecule has 0 saturated carbocycles. The highest BCUT2D eigenvalue weighted by atomic mass is 32.2. The van der Waals surface area contributed by atoms with E-state index in [4.69, 9.17) is 9.47 Å². The number of nitrogens with one attached hydrogen (secondary N) is 2. The molecule has 0 aliphatic carbocycles. The van der Waals surface area contributed by atoms with E-state index in [0.717, 1.165) is 12.1 Å². The molecule has 2 rings (SSSR count). The topological polar surface area (TPSA) is 95.5 Å². The Morgan fingerprint density at radius 3 is 2.60 bits per heavy atom. The van der Waals surface area contributed by atoms with Crippen molar-refractivity contribution in [3.63, 3.8) is 0 Å². The van der Waals surface area contributed by atoms with Crippen LogP contribution in [0.1, 0.15) is 56.5 Å². The number of anilines is 1. The second-order valence-electron chi connectivity index (χ2n) is 9.83. The highest BCUT2D eigenvalue weighted by Gasteiger charge is 2.30. The fourth-order valence-corrected chi connectivity index (χ4v) is 4.69. The van der Waals surface area contributed by atoms with E-state index in [2.05, 4.69) is 78.9 Å². The third-order valence-electron chi connectivity index (χ3n) is 6.16. The number of hydrogen-bond acceptors (Lipinski definition) is 8. The predicted octanol–water partition coefficient (Wildman–Crippen LogP) is 3.99. The Morgan fingerprint density at radius 2 is 2.02 bits per heavy atom. The number of benzene rings is 1. The van der Waals surface area contributed by atoms with Crippen molar-refractivity contribution in [1.82, 2.24) is 15.1 Å². The van der Waals surface area contributed by atoms with Crippen LogP contribution in [0.3, 0.4) is 0 Å². The van der Waals surface area contributed by atoms with Gasteiger partial charge in [0.2, 0.25) is 5.91 Å². The number of hydrogen-bond donors (Lipinski definition) is 2. The van der Waals surface area contributed by atoms with E-state index in [0.29, 0.717) is 50.6 Å². The zero-order chi connectivity index (χ0) is 30.4. The van der Waals surface area contributed by atoms with E-state index in [9.17, 15) is 9.59 Å². The van der Waals surface area contributed by atoms with Crippen LogP contribution in [0.4, 0.5) is 5.69 Å². The van der Waals surface area contributed by atoms with Gasteiger partial charge in [-0.1, -0.05) is 19.9 Å². The minimum atomic E-state index is -0.310. The molecule has 0 unspecified atom stereocenters. The summed E-state index contributed by atoms with van der Waals surface area (Å²) in [7, 11) is 1.62. The van der Waals surface area contributed by atoms with Crippen LogP contribution in [0.15, 0.2) is 23.2 Å². The van der Waals surface area contributed by atoms with Crippen LogP contribution in [0.5, 0.6) is 0 Å². The second-order valence-corrected chi connectivity index (χ2v) is 10.7. The van der Waals surface area contributed by atoms with Gasteiger partial charge >= 0.3 is 0 Å². The fraction of sp³-hybridized carbons (Fsp3) is 0.633. The molecule has 0 spiro atoms. The van der Waals surface area contributed by atoms with Gasteiger partial charge in [0.15, 0.2) is 0 Å². The Balaban J connectivity index is 0.00000117. The average molecular weight is 578 g/mol. The third-order valence-corrected chi connectivity index (χ3v) is 6.78. The Labute approximate surface area is 246 Å². The molecule has 1 aromatic rings. The van der Waals surface area contributed by atoms with E-state index in [1.54, 1.807) is 13.2 Å². The number of carbonyl (C=O) groups excluding carboxylic acids is 2. The van der Waals surface area contributed by atoms with Gasteiger partial charge in [0, 0.05) is 44.8 Å². The maximum Gasteiger partial charge on any atom is 0.253 e. The molecule has 1 heterocycles. The van der Waals surface area contributed by atoms with Gasteiger partial charge in [-0.05, 0) is 70.4 Å². The number of amides is 2. The highest BCUT2D eigenvalue weighted by molar-refractivity contribution is 7.98. The molecule has 1 aromatic carbocycles. The van der Waals surface area contributed by atoms with Crippen molar-refractivity contribution in [3.05, 3.63) is 29.3 Å². The molecule has 40 heavy (non-hydrogen) atoms. The summed E-state index contributed by atoms with van der Waals surface area (Å²) in [6.45, 7) is 18.4. The lowest BCUT2D eigenvalue weighted by Gasteiger charge is -2.42. The summed E-state index contributed by atoms with van der Waals surface area (Å²) in [5, 5.41) is 5.64. The zero-order valence-corrected chi connectivity index (χ0v) is 26.3. The summed E-state index contributed by atoms with van der Waals surface area (Å²) in [6.07, 6.45) is 12.1. The van der Waals surface area contributed by atoms with Gasteiger partial charge in [-0.2, -0.15) is 0 Å². The van der Waals surface area contributed by atoms with Gasteiger partial charge in [-0.15, -0.1) is 24.6 Å².